The maximum Gasteiger partial charge on any atom is 0.323 e. The van der Waals surface area contributed by atoms with Crippen LogP contribution in [0.25, 0.3) is 0 Å². The molecular formula is C6H10Br2O2. The smallest absolute Gasteiger partial charge is 0.323 e. The summed E-state index contributed by atoms with van der Waals surface area (Å²) >= 11 is 6.42. The lowest BCUT2D eigenvalue weighted by Gasteiger charge is -2.16. The number of halogens is 2. The van der Waals surface area contributed by atoms with Gasteiger partial charge >= 0.3 is 5.97 Å². The van der Waals surface area contributed by atoms with Gasteiger partial charge in [-0.15, -0.1) is 0 Å². The molecule has 0 aliphatic heterocycles. The Labute approximate surface area is 77.6 Å². The summed E-state index contributed by atoms with van der Waals surface area (Å²) in [5.74, 6) is -0.230. The zero-order chi connectivity index (χ0) is 8.20. The summed E-state index contributed by atoms with van der Waals surface area (Å²) in [5.41, 5.74) is 0. The van der Waals surface area contributed by atoms with E-state index in [0.717, 1.165) is 0 Å². The van der Waals surface area contributed by atoms with E-state index in [9.17, 15) is 4.79 Å². The first-order valence-electron chi connectivity index (χ1n) is 2.96. The molecule has 0 saturated carbocycles. The zero-order valence-corrected chi connectivity index (χ0v) is 9.16. The van der Waals surface area contributed by atoms with E-state index in [1.54, 1.807) is 13.8 Å². The van der Waals surface area contributed by atoms with Crippen LogP contribution in [-0.2, 0) is 9.53 Å². The zero-order valence-electron chi connectivity index (χ0n) is 5.99. The van der Waals surface area contributed by atoms with Crippen LogP contribution in [0.2, 0.25) is 0 Å². The van der Waals surface area contributed by atoms with Crippen LogP contribution in [-0.4, -0.2) is 22.2 Å². The van der Waals surface area contributed by atoms with Gasteiger partial charge in [-0.2, -0.15) is 0 Å². The highest BCUT2D eigenvalue weighted by Crippen LogP contribution is 2.21. The second kappa shape index (κ2) is 4.34. The first kappa shape index (κ1) is 10.4. The second-order valence-corrected chi connectivity index (χ2v) is 4.36. The molecular weight excluding hydrogens is 264 g/mol. The van der Waals surface area contributed by atoms with E-state index >= 15 is 0 Å². The van der Waals surface area contributed by atoms with Crippen molar-refractivity contribution in [3.63, 3.8) is 0 Å². The third-order valence-corrected chi connectivity index (χ3v) is 3.43. The minimum atomic E-state index is -0.580. The number of carbonyl (C=O) groups excluding carboxylic acids is 1. The van der Waals surface area contributed by atoms with Gasteiger partial charge in [-0.1, -0.05) is 31.9 Å². The summed E-state index contributed by atoms with van der Waals surface area (Å²) < 4.78 is 4.20. The molecule has 0 N–H and O–H groups in total. The van der Waals surface area contributed by atoms with Crippen molar-refractivity contribution in [3.05, 3.63) is 0 Å². The standard InChI is InChI=1S/C6H10Br2O2/c1-3-10-5(9)6(2,8)4-7/h3-4H2,1-2H3. The lowest BCUT2D eigenvalue weighted by molar-refractivity contribution is -0.144. The number of alkyl halides is 2. The van der Waals surface area contributed by atoms with Crippen molar-refractivity contribution >= 4 is 37.8 Å². The minimum absolute atomic E-state index is 0.230. The maximum absolute atomic E-state index is 11.0. The van der Waals surface area contributed by atoms with Gasteiger partial charge in [-0.05, 0) is 13.8 Å². The molecule has 0 rings (SSSR count). The second-order valence-electron chi connectivity index (χ2n) is 2.05. The highest BCUT2D eigenvalue weighted by atomic mass is 79.9. The molecule has 0 aromatic rings. The van der Waals surface area contributed by atoms with Crippen molar-refractivity contribution in [3.8, 4) is 0 Å². The molecule has 60 valence electrons. The molecule has 0 heterocycles. The molecule has 0 bridgehead atoms. The summed E-state index contributed by atoms with van der Waals surface area (Å²) in [5, 5.41) is 0.554. The lowest BCUT2D eigenvalue weighted by Crippen LogP contribution is -2.31. The minimum Gasteiger partial charge on any atom is -0.465 e. The average molecular weight is 274 g/mol. The molecule has 0 aliphatic carbocycles. The van der Waals surface area contributed by atoms with E-state index in [2.05, 4.69) is 31.9 Å². The van der Waals surface area contributed by atoms with Gasteiger partial charge < -0.3 is 4.74 Å². The Morgan fingerprint density at radius 3 is 2.50 bits per heavy atom. The molecule has 2 nitrogen and oxygen atoms in total. The first-order valence-corrected chi connectivity index (χ1v) is 4.88. The first-order chi connectivity index (χ1) is 4.54. The fourth-order valence-electron chi connectivity index (χ4n) is 0.336. The fourth-order valence-corrected chi connectivity index (χ4v) is 0.680. The molecule has 0 amide bonds. The molecule has 0 fully saturated rings. The van der Waals surface area contributed by atoms with E-state index in [4.69, 9.17) is 4.74 Å². The van der Waals surface area contributed by atoms with E-state index < -0.39 is 4.32 Å². The highest BCUT2D eigenvalue weighted by Gasteiger charge is 2.29. The quantitative estimate of drug-likeness (QED) is 0.582. The Morgan fingerprint density at radius 1 is 1.70 bits per heavy atom. The SMILES string of the molecule is CCOC(=O)C(C)(Br)CBr. The third-order valence-electron chi connectivity index (χ3n) is 0.952. The predicted molar refractivity (Wildman–Crippen MR) is 47.8 cm³/mol. The molecule has 0 saturated heterocycles. The van der Waals surface area contributed by atoms with Crippen molar-refractivity contribution in [2.24, 2.45) is 0 Å². The molecule has 0 aromatic heterocycles. The number of ether oxygens (including phenoxy) is 1. The van der Waals surface area contributed by atoms with Gasteiger partial charge in [0, 0.05) is 5.33 Å². The van der Waals surface area contributed by atoms with Crippen LogP contribution in [0, 0.1) is 0 Å². The van der Waals surface area contributed by atoms with Crippen molar-refractivity contribution in [1.29, 1.82) is 0 Å². The van der Waals surface area contributed by atoms with Gasteiger partial charge in [0.05, 0.1) is 6.61 Å². The van der Waals surface area contributed by atoms with E-state index in [0.29, 0.717) is 11.9 Å². The Hall–Kier alpha value is 0.430. The van der Waals surface area contributed by atoms with Crippen molar-refractivity contribution < 1.29 is 9.53 Å². The Morgan fingerprint density at radius 2 is 2.20 bits per heavy atom. The summed E-state index contributed by atoms with van der Waals surface area (Å²) in [6, 6.07) is 0. The van der Waals surface area contributed by atoms with E-state index in [1.165, 1.54) is 0 Å². The molecule has 0 aliphatic rings. The van der Waals surface area contributed by atoms with Gasteiger partial charge in [0.2, 0.25) is 0 Å². The van der Waals surface area contributed by atoms with Crippen LogP contribution in [0.15, 0.2) is 0 Å². The van der Waals surface area contributed by atoms with Gasteiger partial charge in [0.1, 0.15) is 4.32 Å². The monoisotopic (exact) mass is 272 g/mol. The Balaban J connectivity index is 3.91. The number of carbonyl (C=O) groups is 1. The van der Waals surface area contributed by atoms with Crippen LogP contribution in [0.3, 0.4) is 0 Å². The van der Waals surface area contributed by atoms with E-state index in [1.807, 2.05) is 0 Å². The molecule has 0 spiro atoms. The summed E-state index contributed by atoms with van der Waals surface area (Å²) in [7, 11) is 0. The lowest BCUT2D eigenvalue weighted by atomic mass is 10.2. The molecule has 4 heteroatoms. The Bertz CT molecular complexity index is 123. The van der Waals surface area contributed by atoms with Crippen molar-refractivity contribution in [2.75, 3.05) is 11.9 Å². The average Bonchev–Trinajstić information content (AvgIpc) is 1.89. The van der Waals surface area contributed by atoms with E-state index in [-0.39, 0.29) is 5.97 Å². The number of esters is 1. The molecule has 10 heavy (non-hydrogen) atoms. The molecule has 1 atom stereocenters. The molecule has 0 aromatic carbocycles. The van der Waals surface area contributed by atoms with Crippen LogP contribution < -0.4 is 0 Å². The maximum atomic E-state index is 11.0. The normalized spacial score (nSPS) is 16.0. The summed E-state index contributed by atoms with van der Waals surface area (Å²) in [6.07, 6.45) is 0. The van der Waals surface area contributed by atoms with Gasteiger partial charge in [-0.25, -0.2) is 0 Å². The molecule has 1 unspecified atom stereocenters. The van der Waals surface area contributed by atoms with Crippen LogP contribution in [0.1, 0.15) is 13.8 Å². The number of hydrogen-bond acceptors (Lipinski definition) is 2. The summed E-state index contributed by atoms with van der Waals surface area (Å²) in [6.45, 7) is 3.97. The highest BCUT2D eigenvalue weighted by molar-refractivity contribution is 9.12. The Kier molecular flexibility index (Phi) is 4.52. The van der Waals surface area contributed by atoms with Crippen LogP contribution in [0.5, 0.6) is 0 Å². The van der Waals surface area contributed by atoms with Gasteiger partial charge in [0.15, 0.2) is 0 Å². The van der Waals surface area contributed by atoms with Crippen LogP contribution in [0.4, 0.5) is 0 Å². The largest absolute Gasteiger partial charge is 0.465 e. The molecule has 0 radical (unpaired) electrons. The van der Waals surface area contributed by atoms with Gasteiger partial charge in [0.25, 0.3) is 0 Å². The van der Waals surface area contributed by atoms with Gasteiger partial charge in [-0.3, -0.25) is 4.79 Å². The number of rotatable bonds is 3. The summed E-state index contributed by atoms with van der Waals surface area (Å²) in [4.78, 5) is 11.0. The van der Waals surface area contributed by atoms with Crippen molar-refractivity contribution in [2.45, 2.75) is 18.2 Å². The van der Waals surface area contributed by atoms with Crippen molar-refractivity contribution in [1.82, 2.24) is 0 Å². The fraction of sp³-hybridized carbons (Fsp3) is 0.833. The third kappa shape index (κ3) is 3.01. The predicted octanol–water partition coefficient (Wildman–Crippen LogP) is 2.10. The number of hydrogen-bond donors (Lipinski definition) is 0. The van der Waals surface area contributed by atoms with Crippen LogP contribution >= 0.6 is 31.9 Å². The topological polar surface area (TPSA) is 26.3 Å².